The quantitative estimate of drug-likeness (QED) is 0.406. The minimum atomic E-state index is -0.213. The first-order valence-corrected chi connectivity index (χ1v) is 12.9. The SMILES string of the molecule is CNC(=O)c1c(NC)ncnc1N1CCC(c2nc(-c3ccc(F)c(C)c3)cn2CCNC(C)C)CC1. The van der Waals surface area contributed by atoms with E-state index in [1.165, 1.54) is 12.4 Å². The van der Waals surface area contributed by atoms with Gasteiger partial charge in [-0.25, -0.2) is 19.3 Å². The van der Waals surface area contributed by atoms with Crippen molar-refractivity contribution in [1.82, 2.24) is 30.2 Å². The molecule has 3 N–H and O–H groups in total. The van der Waals surface area contributed by atoms with E-state index >= 15 is 0 Å². The van der Waals surface area contributed by atoms with Crippen molar-refractivity contribution in [2.24, 2.45) is 0 Å². The minimum absolute atomic E-state index is 0.209. The Labute approximate surface area is 217 Å². The normalized spacial score (nSPS) is 14.3. The highest BCUT2D eigenvalue weighted by Crippen LogP contribution is 2.33. The lowest BCUT2D eigenvalue weighted by Crippen LogP contribution is -2.36. The average Bonchev–Trinajstić information content (AvgIpc) is 3.33. The third-order valence-electron chi connectivity index (χ3n) is 6.84. The molecule has 1 fully saturated rings. The van der Waals surface area contributed by atoms with E-state index in [0.717, 1.165) is 56.1 Å². The van der Waals surface area contributed by atoms with Gasteiger partial charge in [0.25, 0.3) is 5.91 Å². The molecule has 0 radical (unpaired) electrons. The summed E-state index contributed by atoms with van der Waals surface area (Å²) >= 11 is 0. The lowest BCUT2D eigenvalue weighted by Gasteiger charge is -2.33. The van der Waals surface area contributed by atoms with Crippen molar-refractivity contribution in [1.29, 1.82) is 0 Å². The number of imidazole rings is 1. The number of hydrogen-bond donors (Lipinski definition) is 3. The third-order valence-corrected chi connectivity index (χ3v) is 6.84. The van der Waals surface area contributed by atoms with E-state index in [9.17, 15) is 9.18 Å². The van der Waals surface area contributed by atoms with E-state index in [4.69, 9.17) is 4.98 Å². The standard InChI is InChI=1S/C27H37FN8O/c1-17(2)31-10-13-36-15-22(20-6-7-21(28)18(3)14-20)34-25(36)19-8-11-35(12-9-19)26-23(27(37)30-5)24(29-4)32-16-33-26/h6-7,14-17,19,31H,8-13H2,1-5H3,(H,30,37)(H,29,32,33). The summed E-state index contributed by atoms with van der Waals surface area (Å²) in [6.07, 6.45) is 5.33. The maximum absolute atomic E-state index is 13.9. The van der Waals surface area contributed by atoms with Gasteiger partial charge in [-0.2, -0.15) is 0 Å². The minimum Gasteiger partial charge on any atom is -0.372 e. The van der Waals surface area contributed by atoms with E-state index < -0.39 is 0 Å². The van der Waals surface area contributed by atoms with Gasteiger partial charge in [0.1, 0.15) is 35.2 Å². The van der Waals surface area contributed by atoms with E-state index in [1.54, 1.807) is 27.1 Å². The van der Waals surface area contributed by atoms with Gasteiger partial charge in [-0.05, 0) is 43.5 Å². The number of halogens is 1. The van der Waals surface area contributed by atoms with Gasteiger partial charge in [-0.15, -0.1) is 0 Å². The van der Waals surface area contributed by atoms with Crippen molar-refractivity contribution in [3.8, 4) is 11.3 Å². The topological polar surface area (TPSA) is 100 Å². The summed E-state index contributed by atoms with van der Waals surface area (Å²) in [4.78, 5) is 28.5. The van der Waals surface area contributed by atoms with Crippen molar-refractivity contribution in [3.63, 3.8) is 0 Å². The van der Waals surface area contributed by atoms with Crippen molar-refractivity contribution in [3.05, 3.63) is 53.5 Å². The van der Waals surface area contributed by atoms with E-state index in [2.05, 4.69) is 55.4 Å². The van der Waals surface area contributed by atoms with Crippen LogP contribution in [0.2, 0.25) is 0 Å². The number of carbonyl (C=O) groups excluding carboxylic acids is 1. The summed E-state index contributed by atoms with van der Waals surface area (Å²) < 4.78 is 16.1. The fourth-order valence-electron chi connectivity index (χ4n) is 4.84. The number of anilines is 2. The predicted molar refractivity (Wildman–Crippen MR) is 145 cm³/mol. The van der Waals surface area contributed by atoms with Crippen molar-refractivity contribution in [2.45, 2.75) is 52.1 Å². The Bertz CT molecular complexity index is 1230. The molecule has 9 nitrogen and oxygen atoms in total. The van der Waals surface area contributed by atoms with Crippen LogP contribution >= 0.6 is 0 Å². The number of carbonyl (C=O) groups is 1. The van der Waals surface area contributed by atoms with E-state index in [-0.39, 0.29) is 17.6 Å². The molecule has 0 spiro atoms. The van der Waals surface area contributed by atoms with Crippen LogP contribution in [-0.2, 0) is 6.54 Å². The molecule has 0 bridgehead atoms. The second-order valence-corrected chi connectivity index (χ2v) is 9.76. The molecule has 1 aliphatic heterocycles. The number of benzene rings is 1. The summed E-state index contributed by atoms with van der Waals surface area (Å²) in [6.45, 7) is 9.19. The lowest BCUT2D eigenvalue weighted by molar-refractivity contribution is 0.0963. The van der Waals surface area contributed by atoms with Crippen LogP contribution < -0.4 is 20.9 Å². The number of piperidine rings is 1. The van der Waals surface area contributed by atoms with Crippen LogP contribution in [0, 0.1) is 12.7 Å². The molecule has 1 aliphatic rings. The zero-order valence-corrected chi connectivity index (χ0v) is 22.3. The average molecular weight is 509 g/mol. The Morgan fingerprint density at radius 2 is 1.95 bits per heavy atom. The molecule has 0 saturated carbocycles. The van der Waals surface area contributed by atoms with E-state index in [1.807, 2.05) is 6.07 Å². The highest BCUT2D eigenvalue weighted by atomic mass is 19.1. The molecule has 10 heteroatoms. The number of aryl methyl sites for hydroxylation is 1. The van der Waals surface area contributed by atoms with Gasteiger partial charge in [-0.3, -0.25) is 4.79 Å². The molecule has 3 aromatic rings. The second kappa shape index (κ2) is 11.7. The number of amides is 1. The molecule has 0 unspecified atom stereocenters. The van der Waals surface area contributed by atoms with Gasteiger partial charge >= 0.3 is 0 Å². The molecule has 1 amide bonds. The maximum Gasteiger partial charge on any atom is 0.258 e. The van der Waals surface area contributed by atoms with Gasteiger partial charge in [0, 0.05) is 64.0 Å². The Kier molecular flexibility index (Phi) is 8.38. The Balaban J connectivity index is 1.58. The zero-order valence-electron chi connectivity index (χ0n) is 22.3. The molecule has 1 saturated heterocycles. The summed E-state index contributed by atoms with van der Waals surface area (Å²) in [6, 6.07) is 5.56. The summed E-state index contributed by atoms with van der Waals surface area (Å²) in [5, 5.41) is 9.19. The highest BCUT2D eigenvalue weighted by molar-refractivity contribution is 6.03. The highest BCUT2D eigenvalue weighted by Gasteiger charge is 2.29. The zero-order chi connectivity index (χ0) is 26.5. The molecule has 2 aromatic heterocycles. The summed E-state index contributed by atoms with van der Waals surface area (Å²) in [5.74, 6) is 2.05. The van der Waals surface area contributed by atoms with Crippen molar-refractivity contribution >= 4 is 17.5 Å². The van der Waals surface area contributed by atoms with Crippen LogP contribution in [0.4, 0.5) is 16.0 Å². The molecule has 37 heavy (non-hydrogen) atoms. The van der Waals surface area contributed by atoms with Crippen molar-refractivity contribution in [2.75, 3.05) is 43.9 Å². The van der Waals surface area contributed by atoms with E-state index in [0.29, 0.717) is 28.8 Å². The maximum atomic E-state index is 13.9. The Hall–Kier alpha value is -3.53. The lowest BCUT2D eigenvalue weighted by atomic mass is 9.95. The van der Waals surface area contributed by atoms with Gasteiger partial charge in [0.2, 0.25) is 0 Å². The first-order chi connectivity index (χ1) is 17.8. The largest absolute Gasteiger partial charge is 0.372 e. The van der Waals surface area contributed by atoms with Gasteiger partial charge < -0.3 is 25.4 Å². The van der Waals surface area contributed by atoms with Crippen LogP contribution in [-0.4, -0.2) is 65.2 Å². The van der Waals surface area contributed by atoms with Crippen LogP contribution in [0.1, 0.15) is 54.4 Å². The molecule has 1 aromatic carbocycles. The Morgan fingerprint density at radius 1 is 1.19 bits per heavy atom. The first-order valence-electron chi connectivity index (χ1n) is 12.9. The molecular weight excluding hydrogens is 471 g/mol. The van der Waals surface area contributed by atoms with Crippen LogP contribution in [0.15, 0.2) is 30.7 Å². The first kappa shape index (κ1) is 26.5. The van der Waals surface area contributed by atoms with Gasteiger partial charge in [0.05, 0.1) is 5.69 Å². The summed E-state index contributed by atoms with van der Waals surface area (Å²) in [7, 11) is 3.36. The molecular formula is C27H37FN8O. The molecule has 3 heterocycles. The van der Waals surface area contributed by atoms with Crippen LogP contribution in [0.25, 0.3) is 11.3 Å². The number of nitrogens with zero attached hydrogens (tertiary/aromatic N) is 5. The van der Waals surface area contributed by atoms with Crippen LogP contribution in [0.5, 0.6) is 0 Å². The smallest absolute Gasteiger partial charge is 0.258 e. The number of hydrogen-bond acceptors (Lipinski definition) is 7. The fourth-order valence-corrected chi connectivity index (χ4v) is 4.84. The fraction of sp³-hybridized carbons (Fsp3) is 0.481. The second-order valence-electron chi connectivity index (χ2n) is 9.76. The van der Waals surface area contributed by atoms with Gasteiger partial charge in [-0.1, -0.05) is 13.8 Å². The molecule has 0 atom stereocenters. The Morgan fingerprint density at radius 3 is 2.59 bits per heavy atom. The summed E-state index contributed by atoms with van der Waals surface area (Å²) in [5.41, 5.74) is 2.85. The predicted octanol–water partition coefficient (Wildman–Crippen LogP) is 3.57. The monoisotopic (exact) mass is 508 g/mol. The number of nitrogens with one attached hydrogen (secondary N) is 3. The molecule has 198 valence electrons. The van der Waals surface area contributed by atoms with Crippen LogP contribution in [0.3, 0.4) is 0 Å². The van der Waals surface area contributed by atoms with Gasteiger partial charge in [0.15, 0.2) is 0 Å². The molecule has 0 aliphatic carbocycles. The third kappa shape index (κ3) is 5.90. The molecule has 4 rings (SSSR count). The number of rotatable bonds is 9. The van der Waals surface area contributed by atoms with Crippen molar-refractivity contribution < 1.29 is 9.18 Å². The number of aromatic nitrogens is 4.